The van der Waals surface area contributed by atoms with Crippen molar-refractivity contribution in [3.05, 3.63) is 95.1 Å². The Kier molecular flexibility index (Phi) is 4.59. The van der Waals surface area contributed by atoms with Crippen molar-refractivity contribution in [2.24, 2.45) is 0 Å². The Morgan fingerprint density at radius 2 is 1.15 bits per heavy atom. The Balaban J connectivity index is 2.48. The highest BCUT2D eigenvalue weighted by Crippen LogP contribution is 2.52. The molecule has 0 saturated carbocycles. The molecule has 0 bridgehead atoms. The second-order valence-electron chi connectivity index (χ2n) is 6.03. The van der Waals surface area contributed by atoms with E-state index in [1.54, 1.807) is 6.07 Å². The molecule has 2 N–H and O–H groups in total. The second-order valence-corrected chi connectivity index (χ2v) is 6.03. The van der Waals surface area contributed by atoms with Gasteiger partial charge in [0.25, 0.3) is 0 Å². The van der Waals surface area contributed by atoms with Crippen LogP contribution in [0.1, 0.15) is 22.3 Å². The summed E-state index contributed by atoms with van der Waals surface area (Å²) in [5.41, 5.74) is -2.76. The summed E-state index contributed by atoms with van der Waals surface area (Å²) in [5, 5.41) is 19.1. The van der Waals surface area contributed by atoms with Crippen molar-refractivity contribution in [2.45, 2.75) is 11.6 Å². The number of terminal acetylenes is 1. The third-order valence-electron chi connectivity index (χ3n) is 4.51. The summed E-state index contributed by atoms with van der Waals surface area (Å²) in [4.78, 5) is 0. The first-order valence-corrected chi connectivity index (χ1v) is 8.02. The third-order valence-corrected chi connectivity index (χ3v) is 4.51. The molecule has 0 atom stereocenters. The zero-order valence-corrected chi connectivity index (χ0v) is 14.0. The van der Waals surface area contributed by atoms with Gasteiger partial charge in [0.15, 0.2) is 0 Å². The Hall–Kier alpha value is -3.39. The Morgan fingerprint density at radius 3 is 1.56 bits per heavy atom. The van der Waals surface area contributed by atoms with Gasteiger partial charge in [-0.25, -0.2) is 0 Å². The molecular weight excluding hydrogens is 353 g/mol. The maximum Gasteiger partial charge on any atom is 0.406 e. The van der Waals surface area contributed by atoms with Crippen molar-refractivity contribution in [1.29, 1.82) is 0 Å². The van der Waals surface area contributed by atoms with Crippen molar-refractivity contribution in [3.63, 3.8) is 0 Å². The predicted octanol–water partition coefficient (Wildman–Crippen LogP) is 4.98. The largest absolute Gasteiger partial charge is 0.508 e. The van der Waals surface area contributed by atoms with Crippen LogP contribution in [-0.4, -0.2) is 16.4 Å². The summed E-state index contributed by atoms with van der Waals surface area (Å²) in [6, 6.07) is 15.6. The quantitative estimate of drug-likeness (QED) is 0.506. The summed E-state index contributed by atoms with van der Waals surface area (Å²) in [6.07, 6.45) is 0.742. The number of aromatic hydroxyl groups is 2. The minimum Gasteiger partial charge on any atom is -0.508 e. The number of hydrogen-bond acceptors (Lipinski definition) is 2. The van der Waals surface area contributed by atoms with E-state index in [4.69, 9.17) is 6.42 Å². The molecule has 0 fully saturated rings. The molecule has 0 unspecified atom stereocenters. The van der Waals surface area contributed by atoms with Crippen molar-refractivity contribution < 1.29 is 23.4 Å². The third kappa shape index (κ3) is 3.00. The zero-order valence-electron chi connectivity index (χ0n) is 14.0. The molecule has 0 heterocycles. The van der Waals surface area contributed by atoms with Crippen molar-refractivity contribution in [1.82, 2.24) is 0 Å². The van der Waals surface area contributed by atoms with E-state index < -0.39 is 11.6 Å². The van der Waals surface area contributed by atoms with Gasteiger partial charge in [0.05, 0.1) is 0 Å². The van der Waals surface area contributed by atoms with Crippen molar-refractivity contribution in [2.75, 3.05) is 0 Å². The minimum absolute atomic E-state index is 0.0961. The Bertz CT molecular complexity index is 936. The molecule has 3 aromatic rings. The van der Waals surface area contributed by atoms with Gasteiger partial charge in [-0.05, 0) is 47.0 Å². The first-order valence-electron chi connectivity index (χ1n) is 8.02. The highest BCUT2D eigenvalue weighted by molar-refractivity contribution is 5.59. The van der Waals surface area contributed by atoms with Crippen LogP contribution < -0.4 is 0 Å². The monoisotopic (exact) mass is 368 g/mol. The van der Waals surface area contributed by atoms with E-state index in [9.17, 15) is 23.4 Å². The number of rotatable bonds is 3. The van der Waals surface area contributed by atoms with Crippen LogP contribution in [0.2, 0.25) is 0 Å². The molecule has 3 rings (SSSR count). The van der Waals surface area contributed by atoms with Gasteiger partial charge < -0.3 is 10.2 Å². The van der Waals surface area contributed by atoms with E-state index in [0.717, 1.165) is 0 Å². The fraction of sp³-hybridized carbons (Fsp3) is 0.0909. The van der Waals surface area contributed by atoms with Crippen LogP contribution in [0, 0.1) is 12.3 Å². The molecule has 2 nitrogen and oxygen atoms in total. The van der Waals surface area contributed by atoms with Crippen LogP contribution in [-0.2, 0) is 5.41 Å². The van der Waals surface area contributed by atoms with Gasteiger partial charge in [0.1, 0.15) is 16.9 Å². The molecule has 27 heavy (non-hydrogen) atoms. The molecule has 5 heteroatoms. The molecule has 0 spiro atoms. The van der Waals surface area contributed by atoms with Gasteiger partial charge in [-0.15, -0.1) is 6.42 Å². The van der Waals surface area contributed by atoms with Crippen molar-refractivity contribution in [3.8, 4) is 23.8 Å². The van der Waals surface area contributed by atoms with Crippen molar-refractivity contribution >= 4 is 0 Å². The molecular formula is C22H15F3O2. The first-order chi connectivity index (χ1) is 12.8. The van der Waals surface area contributed by atoms with Gasteiger partial charge in [-0.3, -0.25) is 0 Å². The molecule has 0 amide bonds. The van der Waals surface area contributed by atoms with Crippen LogP contribution in [0.15, 0.2) is 72.8 Å². The average Bonchev–Trinajstić information content (AvgIpc) is 2.64. The van der Waals surface area contributed by atoms with E-state index in [0.29, 0.717) is 0 Å². The SMILES string of the molecule is C#Cc1ccccc1C(c1ccc(O)cc1)(c1ccc(O)cc1)C(F)(F)F. The van der Waals surface area contributed by atoms with E-state index in [1.807, 2.05) is 0 Å². The number of benzene rings is 3. The normalized spacial score (nSPS) is 11.8. The first kappa shape index (κ1) is 18.4. The maximum atomic E-state index is 14.8. The van der Waals surface area contributed by atoms with Gasteiger partial charge in [0.2, 0.25) is 0 Å². The molecule has 0 saturated heterocycles. The van der Waals surface area contributed by atoms with Crippen LogP contribution in [0.25, 0.3) is 0 Å². The number of phenolic OH excluding ortho intramolecular Hbond substituents is 2. The maximum absolute atomic E-state index is 14.8. The van der Waals surface area contributed by atoms with E-state index in [-0.39, 0.29) is 33.8 Å². The van der Waals surface area contributed by atoms with Gasteiger partial charge in [-0.2, -0.15) is 13.2 Å². The lowest BCUT2D eigenvalue weighted by Crippen LogP contribution is -2.45. The molecule has 136 valence electrons. The molecule has 0 aromatic heterocycles. The minimum atomic E-state index is -4.76. The zero-order chi connectivity index (χ0) is 19.7. The Morgan fingerprint density at radius 1 is 0.704 bits per heavy atom. The van der Waals surface area contributed by atoms with E-state index in [2.05, 4.69) is 5.92 Å². The fourth-order valence-electron chi connectivity index (χ4n) is 3.32. The topological polar surface area (TPSA) is 40.5 Å². The average molecular weight is 368 g/mol. The van der Waals surface area contributed by atoms with E-state index in [1.165, 1.54) is 66.7 Å². The summed E-state index contributed by atoms with van der Waals surface area (Å²) in [7, 11) is 0. The lowest BCUT2D eigenvalue weighted by molar-refractivity contribution is -0.166. The van der Waals surface area contributed by atoms with Crippen LogP contribution >= 0.6 is 0 Å². The second kappa shape index (κ2) is 6.73. The molecule has 0 aliphatic rings. The predicted molar refractivity (Wildman–Crippen MR) is 96.5 cm³/mol. The highest BCUT2D eigenvalue weighted by atomic mass is 19.4. The number of halogens is 3. The number of phenols is 2. The van der Waals surface area contributed by atoms with E-state index >= 15 is 0 Å². The summed E-state index contributed by atoms with van der Waals surface area (Å²) in [5.74, 6) is 2.04. The van der Waals surface area contributed by atoms with Crippen LogP contribution in [0.3, 0.4) is 0 Å². The summed E-state index contributed by atoms with van der Waals surface area (Å²) < 4.78 is 44.3. The lowest BCUT2D eigenvalue weighted by Gasteiger charge is -2.38. The summed E-state index contributed by atoms with van der Waals surface area (Å²) in [6.45, 7) is 0. The fourth-order valence-corrected chi connectivity index (χ4v) is 3.32. The summed E-state index contributed by atoms with van der Waals surface area (Å²) >= 11 is 0. The van der Waals surface area contributed by atoms with Crippen LogP contribution in [0.4, 0.5) is 13.2 Å². The number of hydrogen-bond donors (Lipinski definition) is 2. The van der Waals surface area contributed by atoms with Gasteiger partial charge in [-0.1, -0.05) is 48.4 Å². The molecule has 0 radical (unpaired) electrons. The smallest absolute Gasteiger partial charge is 0.406 e. The molecule has 3 aromatic carbocycles. The highest BCUT2D eigenvalue weighted by Gasteiger charge is 2.59. The molecule has 0 aliphatic carbocycles. The van der Waals surface area contributed by atoms with Gasteiger partial charge in [0, 0.05) is 5.56 Å². The van der Waals surface area contributed by atoms with Crippen LogP contribution in [0.5, 0.6) is 11.5 Å². The molecule has 0 aliphatic heterocycles. The standard InChI is InChI=1S/C22H15F3O2/c1-2-15-5-3-4-6-20(15)21(22(23,24)25,16-7-11-18(26)12-8-16)17-9-13-19(27)14-10-17/h1,3-14,26-27H. The lowest BCUT2D eigenvalue weighted by atomic mass is 9.67. The number of alkyl halides is 3. The van der Waals surface area contributed by atoms with Gasteiger partial charge >= 0.3 is 6.18 Å². The Labute approximate surface area is 154 Å².